The van der Waals surface area contributed by atoms with Crippen molar-refractivity contribution < 1.29 is 12.8 Å². The third kappa shape index (κ3) is 3.93. The van der Waals surface area contributed by atoms with Gasteiger partial charge in [-0.25, -0.2) is 13.1 Å². The molecule has 0 aliphatic carbocycles. The molecule has 5 nitrogen and oxygen atoms in total. The molecule has 2 N–H and O–H groups in total. The third-order valence-electron chi connectivity index (χ3n) is 3.33. The van der Waals surface area contributed by atoms with Gasteiger partial charge in [-0.2, -0.15) is 0 Å². The number of furan rings is 1. The highest BCUT2D eigenvalue weighted by Crippen LogP contribution is 2.17. The van der Waals surface area contributed by atoms with E-state index in [-0.39, 0.29) is 17.5 Å². The van der Waals surface area contributed by atoms with Gasteiger partial charge in [0, 0.05) is 6.04 Å². The Balaban J connectivity index is 2.15. The first kappa shape index (κ1) is 15.8. The Morgan fingerprint density at radius 3 is 2.62 bits per heavy atom. The molecule has 2 rings (SSSR count). The van der Waals surface area contributed by atoms with Gasteiger partial charge in [0.25, 0.3) is 0 Å². The molecule has 1 heterocycles. The van der Waals surface area contributed by atoms with E-state index in [2.05, 4.69) is 10.0 Å². The normalized spacial score (nSPS) is 13.3. The van der Waals surface area contributed by atoms with Crippen molar-refractivity contribution in [3.8, 4) is 0 Å². The number of rotatable bonds is 6. The summed E-state index contributed by atoms with van der Waals surface area (Å²) >= 11 is 0. The zero-order chi connectivity index (χ0) is 15.5. The molecule has 114 valence electrons. The van der Waals surface area contributed by atoms with Gasteiger partial charge >= 0.3 is 0 Å². The lowest BCUT2D eigenvalue weighted by Crippen LogP contribution is -2.23. The first-order valence-electron chi connectivity index (χ1n) is 6.74. The second-order valence-electron chi connectivity index (χ2n) is 4.92. The monoisotopic (exact) mass is 308 g/mol. The predicted molar refractivity (Wildman–Crippen MR) is 81.4 cm³/mol. The van der Waals surface area contributed by atoms with E-state index in [4.69, 9.17) is 4.42 Å². The van der Waals surface area contributed by atoms with Crippen LogP contribution in [0.2, 0.25) is 0 Å². The molecular formula is C15H20N2O3S. The summed E-state index contributed by atoms with van der Waals surface area (Å²) in [6, 6.07) is 10.6. The van der Waals surface area contributed by atoms with Crippen molar-refractivity contribution >= 4 is 10.0 Å². The second kappa shape index (κ2) is 6.43. The average molecular weight is 308 g/mol. The Morgan fingerprint density at radius 2 is 2.00 bits per heavy atom. The van der Waals surface area contributed by atoms with Crippen molar-refractivity contribution in [2.24, 2.45) is 0 Å². The highest BCUT2D eigenvalue weighted by Gasteiger charge is 2.16. The van der Waals surface area contributed by atoms with Crippen LogP contribution >= 0.6 is 0 Å². The molecule has 1 atom stereocenters. The molecule has 6 heteroatoms. The maximum atomic E-state index is 12.3. The zero-order valence-electron chi connectivity index (χ0n) is 12.4. The van der Waals surface area contributed by atoms with Gasteiger partial charge in [-0.3, -0.25) is 0 Å². The Hall–Kier alpha value is -1.63. The quantitative estimate of drug-likeness (QED) is 0.859. The first-order chi connectivity index (χ1) is 9.92. The number of benzene rings is 1. The van der Waals surface area contributed by atoms with E-state index in [1.54, 1.807) is 30.3 Å². The van der Waals surface area contributed by atoms with Crippen LogP contribution in [0.1, 0.15) is 30.0 Å². The van der Waals surface area contributed by atoms with Crippen LogP contribution < -0.4 is 10.0 Å². The second-order valence-corrected chi connectivity index (χ2v) is 6.69. The molecule has 0 amide bonds. The van der Waals surface area contributed by atoms with E-state index in [0.29, 0.717) is 5.76 Å². The number of sulfonamides is 1. The van der Waals surface area contributed by atoms with Crippen LogP contribution in [-0.2, 0) is 16.6 Å². The minimum absolute atomic E-state index is 0.0906. The molecule has 0 spiro atoms. The summed E-state index contributed by atoms with van der Waals surface area (Å²) in [5.74, 6) is 1.35. The highest BCUT2D eigenvalue weighted by atomic mass is 32.2. The van der Waals surface area contributed by atoms with Crippen molar-refractivity contribution in [3.05, 3.63) is 53.5 Å². The van der Waals surface area contributed by atoms with Gasteiger partial charge in [0.15, 0.2) is 0 Å². The van der Waals surface area contributed by atoms with Gasteiger partial charge < -0.3 is 9.73 Å². The van der Waals surface area contributed by atoms with Crippen LogP contribution in [0.4, 0.5) is 0 Å². The minimum Gasteiger partial charge on any atom is -0.465 e. The van der Waals surface area contributed by atoms with Crippen molar-refractivity contribution in [2.45, 2.75) is 31.3 Å². The van der Waals surface area contributed by atoms with Crippen molar-refractivity contribution in [2.75, 3.05) is 7.05 Å². The minimum atomic E-state index is -3.55. The zero-order valence-corrected chi connectivity index (χ0v) is 13.2. The molecule has 0 fully saturated rings. The Labute approximate surface area is 125 Å². The van der Waals surface area contributed by atoms with E-state index < -0.39 is 10.0 Å². The lowest BCUT2D eigenvalue weighted by molar-refractivity contribution is 0.475. The van der Waals surface area contributed by atoms with Gasteiger partial charge in [0.05, 0.1) is 11.4 Å². The van der Waals surface area contributed by atoms with Crippen LogP contribution in [0, 0.1) is 6.92 Å². The topological polar surface area (TPSA) is 71.3 Å². The third-order valence-corrected chi connectivity index (χ3v) is 4.73. The van der Waals surface area contributed by atoms with Crippen LogP contribution in [0.15, 0.2) is 45.7 Å². The largest absolute Gasteiger partial charge is 0.465 e. The van der Waals surface area contributed by atoms with Crippen LogP contribution in [-0.4, -0.2) is 15.5 Å². The molecule has 2 aromatic rings. The molecule has 21 heavy (non-hydrogen) atoms. The highest BCUT2D eigenvalue weighted by molar-refractivity contribution is 7.89. The average Bonchev–Trinajstić information content (AvgIpc) is 2.90. The van der Waals surface area contributed by atoms with Gasteiger partial charge in [-0.05, 0) is 50.7 Å². The molecule has 0 aliphatic heterocycles. The van der Waals surface area contributed by atoms with E-state index in [0.717, 1.165) is 11.3 Å². The molecule has 0 aliphatic rings. The fourth-order valence-corrected chi connectivity index (χ4v) is 3.00. The Kier molecular flexibility index (Phi) is 4.82. The van der Waals surface area contributed by atoms with Gasteiger partial charge in [0.1, 0.15) is 11.5 Å². The number of hydrogen-bond donors (Lipinski definition) is 2. The Bertz CT molecular complexity index is 707. The number of nitrogens with one attached hydrogen (secondary N) is 2. The lowest BCUT2D eigenvalue weighted by atomic mass is 10.1. The molecule has 0 radical (unpaired) electrons. The standard InChI is InChI=1S/C15H20N2O3S/c1-11-7-8-14(20-11)10-17-21(18,19)15-6-4-5-13(9-15)12(2)16-3/h4-9,12,16-17H,10H2,1-3H3. The summed E-state index contributed by atoms with van der Waals surface area (Å²) in [5, 5.41) is 3.09. The van der Waals surface area contributed by atoms with Crippen molar-refractivity contribution in [3.63, 3.8) is 0 Å². The molecule has 0 saturated carbocycles. The van der Waals surface area contributed by atoms with Gasteiger partial charge in [0.2, 0.25) is 10.0 Å². The van der Waals surface area contributed by atoms with Crippen LogP contribution in [0.3, 0.4) is 0 Å². The van der Waals surface area contributed by atoms with E-state index in [9.17, 15) is 8.42 Å². The fourth-order valence-electron chi connectivity index (χ4n) is 1.95. The summed E-state index contributed by atoms with van der Waals surface area (Å²) in [6.45, 7) is 3.94. The number of aryl methyl sites for hydroxylation is 1. The maximum Gasteiger partial charge on any atom is 0.240 e. The lowest BCUT2D eigenvalue weighted by Gasteiger charge is -2.12. The number of hydrogen-bond acceptors (Lipinski definition) is 4. The SMILES string of the molecule is CNC(C)c1cccc(S(=O)(=O)NCc2ccc(C)o2)c1. The van der Waals surface area contributed by atoms with E-state index in [1.807, 2.05) is 27.0 Å². The maximum absolute atomic E-state index is 12.3. The van der Waals surface area contributed by atoms with Gasteiger partial charge in [-0.15, -0.1) is 0 Å². The van der Waals surface area contributed by atoms with Crippen LogP contribution in [0.5, 0.6) is 0 Å². The van der Waals surface area contributed by atoms with Crippen LogP contribution in [0.25, 0.3) is 0 Å². The summed E-state index contributed by atoms with van der Waals surface area (Å²) in [5.41, 5.74) is 0.925. The van der Waals surface area contributed by atoms with E-state index >= 15 is 0 Å². The summed E-state index contributed by atoms with van der Waals surface area (Å²) in [6.07, 6.45) is 0. The molecule has 1 aromatic carbocycles. The summed E-state index contributed by atoms with van der Waals surface area (Å²) in [4.78, 5) is 0.255. The summed E-state index contributed by atoms with van der Waals surface area (Å²) in [7, 11) is -1.71. The van der Waals surface area contributed by atoms with Crippen molar-refractivity contribution in [1.29, 1.82) is 0 Å². The molecule has 1 unspecified atom stereocenters. The van der Waals surface area contributed by atoms with Crippen molar-refractivity contribution in [1.82, 2.24) is 10.0 Å². The Morgan fingerprint density at radius 1 is 1.24 bits per heavy atom. The molecule has 0 saturated heterocycles. The summed E-state index contributed by atoms with van der Waals surface area (Å²) < 4.78 is 32.5. The fraction of sp³-hybridized carbons (Fsp3) is 0.333. The smallest absolute Gasteiger partial charge is 0.240 e. The van der Waals surface area contributed by atoms with Gasteiger partial charge in [-0.1, -0.05) is 12.1 Å². The predicted octanol–water partition coefficient (Wildman–Crippen LogP) is 2.35. The van der Waals surface area contributed by atoms with E-state index in [1.165, 1.54) is 0 Å². The first-order valence-corrected chi connectivity index (χ1v) is 8.23. The molecule has 1 aromatic heterocycles. The molecule has 0 bridgehead atoms. The molecular weight excluding hydrogens is 288 g/mol.